The molecule has 1 aromatic heterocycles. The van der Waals surface area contributed by atoms with Crippen molar-refractivity contribution in [2.24, 2.45) is 0 Å². The van der Waals surface area contributed by atoms with Crippen LogP contribution in [0.1, 0.15) is 27.3 Å². The number of aromatic carboxylic acids is 1. The van der Waals surface area contributed by atoms with Gasteiger partial charge in [-0.15, -0.1) is 11.3 Å². The lowest BCUT2D eigenvalue weighted by Gasteiger charge is -2.14. The monoisotopic (exact) mass is 257 g/mol. The van der Waals surface area contributed by atoms with Gasteiger partial charge in [0.1, 0.15) is 9.88 Å². The zero-order valence-corrected chi connectivity index (χ0v) is 10.8. The van der Waals surface area contributed by atoms with Crippen molar-refractivity contribution in [1.82, 2.24) is 15.2 Å². The minimum Gasteiger partial charge on any atom is -0.477 e. The number of urea groups is 1. The summed E-state index contributed by atoms with van der Waals surface area (Å²) in [5.74, 6) is -0.983. The van der Waals surface area contributed by atoms with E-state index in [9.17, 15) is 9.59 Å². The van der Waals surface area contributed by atoms with E-state index < -0.39 is 5.97 Å². The molecule has 1 rings (SSSR count). The third kappa shape index (κ3) is 3.42. The molecule has 7 heteroatoms. The predicted octanol–water partition coefficient (Wildman–Crippen LogP) is 1.31. The van der Waals surface area contributed by atoms with Gasteiger partial charge in [-0.2, -0.15) is 0 Å². The summed E-state index contributed by atoms with van der Waals surface area (Å²) in [6, 6.07) is -0.197. The number of amides is 2. The van der Waals surface area contributed by atoms with Crippen molar-refractivity contribution >= 4 is 23.3 Å². The average molecular weight is 257 g/mol. The molecule has 0 unspecified atom stereocenters. The minimum absolute atomic E-state index is 0.197. The van der Waals surface area contributed by atoms with Crippen molar-refractivity contribution in [3.05, 3.63) is 15.6 Å². The molecule has 94 valence electrons. The van der Waals surface area contributed by atoms with Crippen LogP contribution >= 0.6 is 11.3 Å². The van der Waals surface area contributed by atoms with Crippen LogP contribution in [0.3, 0.4) is 0 Å². The van der Waals surface area contributed by atoms with Crippen molar-refractivity contribution in [1.29, 1.82) is 0 Å². The van der Waals surface area contributed by atoms with Crippen LogP contribution in [0.15, 0.2) is 0 Å². The van der Waals surface area contributed by atoms with E-state index in [4.69, 9.17) is 5.11 Å². The fraction of sp³-hybridized carbons (Fsp3) is 0.500. The number of aryl methyl sites for hydroxylation is 1. The van der Waals surface area contributed by atoms with Crippen LogP contribution in [0.25, 0.3) is 0 Å². The molecule has 0 saturated heterocycles. The molecule has 0 aromatic carbocycles. The van der Waals surface area contributed by atoms with Crippen molar-refractivity contribution in [3.8, 4) is 0 Å². The fourth-order valence-electron chi connectivity index (χ4n) is 1.16. The van der Waals surface area contributed by atoms with E-state index >= 15 is 0 Å². The van der Waals surface area contributed by atoms with E-state index in [1.165, 1.54) is 4.90 Å². The van der Waals surface area contributed by atoms with Gasteiger partial charge in [-0.25, -0.2) is 14.6 Å². The van der Waals surface area contributed by atoms with Crippen molar-refractivity contribution in [2.45, 2.75) is 20.4 Å². The first-order valence-corrected chi connectivity index (χ1v) is 5.96. The molecule has 2 N–H and O–H groups in total. The van der Waals surface area contributed by atoms with Gasteiger partial charge in [0.05, 0.1) is 12.2 Å². The maximum Gasteiger partial charge on any atom is 0.347 e. The van der Waals surface area contributed by atoms with Gasteiger partial charge in [0.2, 0.25) is 0 Å². The quantitative estimate of drug-likeness (QED) is 0.852. The normalized spacial score (nSPS) is 10.1. The van der Waals surface area contributed by atoms with Gasteiger partial charge in [0, 0.05) is 13.6 Å². The van der Waals surface area contributed by atoms with Gasteiger partial charge < -0.3 is 15.3 Å². The largest absolute Gasteiger partial charge is 0.477 e. The van der Waals surface area contributed by atoms with E-state index in [0.717, 1.165) is 11.3 Å². The number of aromatic nitrogens is 1. The highest BCUT2D eigenvalue weighted by Crippen LogP contribution is 2.17. The number of carboxylic acids is 1. The Morgan fingerprint density at radius 1 is 1.53 bits per heavy atom. The van der Waals surface area contributed by atoms with Gasteiger partial charge in [-0.1, -0.05) is 0 Å². The highest BCUT2D eigenvalue weighted by Gasteiger charge is 2.14. The number of nitrogens with one attached hydrogen (secondary N) is 1. The number of thiazole rings is 1. The Balaban J connectivity index is 2.61. The van der Waals surface area contributed by atoms with Crippen molar-refractivity contribution in [3.63, 3.8) is 0 Å². The van der Waals surface area contributed by atoms with E-state index in [1.54, 1.807) is 14.0 Å². The Morgan fingerprint density at radius 2 is 2.18 bits per heavy atom. The molecule has 0 fully saturated rings. The molecular weight excluding hydrogens is 242 g/mol. The highest BCUT2D eigenvalue weighted by molar-refractivity contribution is 7.13. The number of carbonyl (C=O) groups excluding carboxylic acids is 1. The number of rotatable bonds is 4. The maximum absolute atomic E-state index is 11.4. The van der Waals surface area contributed by atoms with Crippen LogP contribution in [-0.4, -0.2) is 40.6 Å². The molecule has 1 aromatic rings. The Labute approximate surface area is 103 Å². The molecule has 0 aliphatic heterocycles. The molecule has 17 heavy (non-hydrogen) atoms. The summed E-state index contributed by atoms with van der Waals surface area (Å²) in [6.45, 7) is 4.38. The van der Waals surface area contributed by atoms with E-state index in [-0.39, 0.29) is 17.5 Å². The first kappa shape index (κ1) is 13.4. The molecule has 0 spiro atoms. The Hall–Kier alpha value is -1.63. The van der Waals surface area contributed by atoms with Crippen LogP contribution in [-0.2, 0) is 6.54 Å². The molecule has 2 amide bonds. The molecule has 0 radical (unpaired) electrons. The summed E-state index contributed by atoms with van der Waals surface area (Å²) >= 11 is 1.09. The molecule has 0 aliphatic carbocycles. The lowest BCUT2D eigenvalue weighted by Crippen LogP contribution is -2.36. The number of hydrogen-bond donors (Lipinski definition) is 2. The number of nitrogens with zero attached hydrogens (tertiary/aromatic N) is 2. The smallest absolute Gasteiger partial charge is 0.347 e. The molecule has 0 aliphatic rings. The number of carbonyl (C=O) groups is 2. The minimum atomic E-state index is -0.983. The number of carboxylic acid groups (broad SMARTS) is 1. The van der Waals surface area contributed by atoms with Gasteiger partial charge in [-0.05, 0) is 13.8 Å². The van der Waals surface area contributed by atoms with Crippen molar-refractivity contribution in [2.75, 3.05) is 13.6 Å². The first-order chi connectivity index (χ1) is 7.95. The lowest BCUT2D eigenvalue weighted by atomic mass is 10.4. The number of hydrogen-bond acceptors (Lipinski definition) is 4. The van der Waals surface area contributed by atoms with Crippen LogP contribution < -0.4 is 5.32 Å². The van der Waals surface area contributed by atoms with Gasteiger partial charge >= 0.3 is 12.0 Å². The lowest BCUT2D eigenvalue weighted by molar-refractivity contribution is 0.0701. The summed E-state index contributed by atoms with van der Waals surface area (Å²) in [4.78, 5) is 28.1. The van der Waals surface area contributed by atoms with Crippen LogP contribution in [0, 0.1) is 6.92 Å². The summed E-state index contributed by atoms with van der Waals surface area (Å²) in [5.41, 5.74) is 0.482. The maximum atomic E-state index is 11.4. The molecule has 1 heterocycles. The fourth-order valence-corrected chi connectivity index (χ4v) is 2.00. The third-order valence-corrected chi connectivity index (χ3v) is 3.39. The zero-order chi connectivity index (χ0) is 13.0. The van der Waals surface area contributed by atoms with E-state index in [0.29, 0.717) is 17.2 Å². The SMILES string of the molecule is CCN(C)C(=O)NCc1nc(C)c(C(=O)O)s1. The zero-order valence-electron chi connectivity index (χ0n) is 9.98. The Kier molecular flexibility index (Phi) is 4.45. The molecule has 0 atom stereocenters. The molecular formula is C10H15N3O3S. The molecule has 0 bridgehead atoms. The molecule has 0 saturated carbocycles. The Bertz CT molecular complexity index is 430. The van der Waals surface area contributed by atoms with E-state index in [1.807, 2.05) is 6.92 Å². The summed E-state index contributed by atoms with van der Waals surface area (Å²) < 4.78 is 0. The second-order valence-electron chi connectivity index (χ2n) is 3.50. The second-order valence-corrected chi connectivity index (χ2v) is 4.58. The standard InChI is InChI=1S/C10H15N3O3S/c1-4-13(3)10(16)11-5-7-12-6(2)8(17-7)9(14)15/h4-5H2,1-3H3,(H,11,16)(H,14,15). The van der Waals surface area contributed by atoms with Crippen LogP contribution in [0.2, 0.25) is 0 Å². The third-order valence-electron chi connectivity index (χ3n) is 2.25. The highest BCUT2D eigenvalue weighted by atomic mass is 32.1. The van der Waals surface area contributed by atoms with Crippen molar-refractivity contribution < 1.29 is 14.7 Å². The summed E-state index contributed by atoms with van der Waals surface area (Å²) in [6.07, 6.45) is 0. The second kappa shape index (κ2) is 5.62. The van der Waals surface area contributed by atoms with Crippen LogP contribution in [0.5, 0.6) is 0 Å². The first-order valence-electron chi connectivity index (χ1n) is 5.14. The van der Waals surface area contributed by atoms with Gasteiger partial charge in [0.15, 0.2) is 0 Å². The van der Waals surface area contributed by atoms with E-state index in [2.05, 4.69) is 10.3 Å². The van der Waals surface area contributed by atoms with Crippen LogP contribution in [0.4, 0.5) is 4.79 Å². The predicted molar refractivity (Wildman–Crippen MR) is 64.4 cm³/mol. The summed E-state index contributed by atoms with van der Waals surface area (Å²) in [5, 5.41) is 12.1. The van der Waals surface area contributed by atoms with Gasteiger partial charge in [0.25, 0.3) is 0 Å². The average Bonchev–Trinajstić information content (AvgIpc) is 2.66. The molecule has 6 nitrogen and oxygen atoms in total. The van der Waals surface area contributed by atoms with Gasteiger partial charge in [-0.3, -0.25) is 0 Å². The topological polar surface area (TPSA) is 82.5 Å². The Morgan fingerprint density at radius 3 is 2.65 bits per heavy atom. The summed E-state index contributed by atoms with van der Waals surface area (Å²) in [7, 11) is 1.69.